The summed E-state index contributed by atoms with van der Waals surface area (Å²) in [6.45, 7) is 2.11. The minimum atomic E-state index is 0.389. The monoisotopic (exact) mass is 580 g/mol. The van der Waals surface area contributed by atoms with Crippen LogP contribution in [-0.4, -0.2) is 14.8 Å². The van der Waals surface area contributed by atoms with E-state index < -0.39 is 0 Å². The van der Waals surface area contributed by atoms with Crippen molar-refractivity contribution in [2.75, 3.05) is 0 Å². The zero-order chi connectivity index (χ0) is 18.3. The fourth-order valence-corrected chi connectivity index (χ4v) is 4.02. The highest BCUT2D eigenvalue weighted by atomic mass is 127. The highest BCUT2D eigenvalue weighted by Crippen LogP contribution is 2.33. The minimum Gasteiger partial charge on any atom is -0.244 e. The van der Waals surface area contributed by atoms with Crippen LogP contribution in [0.3, 0.4) is 0 Å². The summed E-state index contributed by atoms with van der Waals surface area (Å²) in [5.74, 6) is 0. The number of hydrogen-bond donors (Lipinski definition) is 0. The molecule has 1 unspecified atom stereocenters. The topological polar surface area (TPSA) is 25.8 Å². The minimum absolute atomic E-state index is 0.389. The van der Waals surface area contributed by atoms with Crippen LogP contribution in [0.5, 0.6) is 0 Å². The molecule has 0 aliphatic heterocycles. The van der Waals surface area contributed by atoms with Crippen LogP contribution in [-0.2, 0) is 0 Å². The van der Waals surface area contributed by atoms with Crippen molar-refractivity contribution in [2.45, 2.75) is 18.2 Å². The standard InChI is InChI=1S/C21H15Br2IN2/c1-12-10-18-19(11-17(12)24)26-21(14-4-8-16(23)9-5-14)20(25-18)13-2-6-15(22)7-3-13/h2-6,8-11,15H,7H2,1H3. The molecule has 2 nitrogen and oxygen atoms in total. The zero-order valence-electron chi connectivity index (χ0n) is 14.0. The number of aryl methyl sites for hydroxylation is 1. The van der Waals surface area contributed by atoms with E-state index in [1.807, 2.05) is 12.1 Å². The van der Waals surface area contributed by atoms with Crippen LogP contribution in [0.4, 0.5) is 0 Å². The first kappa shape index (κ1) is 18.3. The molecule has 0 radical (unpaired) electrons. The van der Waals surface area contributed by atoms with Crippen molar-refractivity contribution in [1.82, 2.24) is 9.97 Å². The molecule has 3 aromatic rings. The van der Waals surface area contributed by atoms with E-state index in [9.17, 15) is 0 Å². The van der Waals surface area contributed by atoms with Gasteiger partial charge in [-0.25, -0.2) is 9.97 Å². The molecule has 26 heavy (non-hydrogen) atoms. The average molecular weight is 582 g/mol. The Morgan fingerprint density at radius 2 is 1.73 bits per heavy atom. The Labute approximate surface area is 183 Å². The number of halogens is 3. The summed E-state index contributed by atoms with van der Waals surface area (Å²) in [6.07, 6.45) is 7.50. The van der Waals surface area contributed by atoms with Gasteiger partial charge in [0.15, 0.2) is 0 Å². The first-order valence-corrected chi connectivity index (χ1v) is 11.1. The first-order chi connectivity index (χ1) is 12.5. The molecule has 0 spiro atoms. The largest absolute Gasteiger partial charge is 0.244 e. The summed E-state index contributed by atoms with van der Waals surface area (Å²) >= 11 is 9.51. The second-order valence-corrected chi connectivity index (χ2v) is 9.54. The van der Waals surface area contributed by atoms with Crippen LogP contribution in [0, 0.1) is 10.5 Å². The maximum Gasteiger partial charge on any atom is 0.0972 e. The zero-order valence-corrected chi connectivity index (χ0v) is 19.3. The number of rotatable bonds is 2. The molecular formula is C21H15Br2IN2. The summed E-state index contributed by atoms with van der Waals surface area (Å²) < 4.78 is 2.26. The number of fused-ring (bicyclic) bond motifs is 1. The van der Waals surface area contributed by atoms with Crippen LogP contribution in [0.1, 0.15) is 17.7 Å². The van der Waals surface area contributed by atoms with Gasteiger partial charge in [0.2, 0.25) is 0 Å². The molecule has 5 heteroatoms. The Morgan fingerprint density at radius 3 is 2.42 bits per heavy atom. The van der Waals surface area contributed by atoms with Crippen LogP contribution < -0.4 is 0 Å². The normalized spacial score (nSPS) is 16.8. The van der Waals surface area contributed by atoms with Gasteiger partial charge >= 0.3 is 0 Å². The van der Waals surface area contributed by atoms with Gasteiger partial charge in [-0.1, -0.05) is 62.2 Å². The molecule has 0 fully saturated rings. The van der Waals surface area contributed by atoms with Crippen molar-refractivity contribution in [3.8, 4) is 11.3 Å². The maximum absolute atomic E-state index is 5.01. The van der Waals surface area contributed by atoms with E-state index in [0.717, 1.165) is 44.5 Å². The molecule has 0 N–H and O–H groups in total. The lowest BCUT2D eigenvalue weighted by Crippen LogP contribution is -2.02. The van der Waals surface area contributed by atoms with Gasteiger partial charge in [-0.05, 0) is 71.3 Å². The number of benzene rings is 2. The van der Waals surface area contributed by atoms with E-state index in [0.29, 0.717) is 4.83 Å². The third-order valence-electron chi connectivity index (χ3n) is 4.38. The SMILES string of the molecule is Cc1cc2nc(C3=CCC(Br)C=C3)c(-c3ccc(Br)cc3)nc2cc1I. The van der Waals surface area contributed by atoms with Crippen molar-refractivity contribution in [2.24, 2.45) is 0 Å². The molecule has 0 saturated heterocycles. The lowest BCUT2D eigenvalue weighted by atomic mass is 9.99. The molecule has 0 saturated carbocycles. The van der Waals surface area contributed by atoms with Crippen LogP contribution >= 0.6 is 54.5 Å². The van der Waals surface area contributed by atoms with Crippen molar-refractivity contribution in [1.29, 1.82) is 0 Å². The Balaban J connectivity index is 1.97. The van der Waals surface area contributed by atoms with E-state index in [1.54, 1.807) is 0 Å². The number of allylic oxidation sites excluding steroid dienone is 4. The number of nitrogens with zero attached hydrogens (tertiary/aromatic N) is 2. The van der Waals surface area contributed by atoms with Crippen molar-refractivity contribution >= 4 is 71.1 Å². The summed E-state index contributed by atoms with van der Waals surface area (Å²) in [7, 11) is 0. The van der Waals surface area contributed by atoms with Crippen LogP contribution in [0.25, 0.3) is 27.9 Å². The van der Waals surface area contributed by atoms with E-state index in [2.05, 4.69) is 104 Å². The fraction of sp³-hybridized carbons (Fsp3) is 0.143. The van der Waals surface area contributed by atoms with E-state index in [-0.39, 0.29) is 0 Å². The first-order valence-electron chi connectivity index (χ1n) is 8.28. The number of hydrogen-bond acceptors (Lipinski definition) is 2. The van der Waals surface area contributed by atoms with Crippen molar-refractivity contribution < 1.29 is 0 Å². The molecule has 130 valence electrons. The van der Waals surface area contributed by atoms with E-state index >= 15 is 0 Å². The Bertz CT molecular complexity index is 1060. The van der Waals surface area contributed by atoms with Crippen molar-refractivity contribution in [3.63, 3.8) is 0 Å². The highest BCUT2D eigenvalue weighted by molar-refractivity contribution is 14.1. The molecule has 1 aliphatic carbocycles. The maximum atomic E-state index is 5.01. The molecule has 2 aromatic carbocycles. The summed E-state index contributed by atoms with van der Waals surface area (Å²) in [6, 6.07) is 12.5. The molecule has 1 heterocycles. The Hall–Kier alpha value is -1.05. The number of alkyl halides is 1. The molecule has 1 atom stereocenters. The van der Waals surface area contributed by atoms with E-state index in [4.69, 9.17) is 9.97 Å². The van der Waals surface area contributed by atoms with Gasteiger partial charge in [-0.3, -0.25) is 0 Å². The lowest BCUT2D eigenvalue weighted by Gasteiger charge is -2.15. The smallest absolute Gasteiger partial charge is 0.0972 e. The summed E-state index contributed by atoms with van der Waals surface area (Å²) in [5, 5.41) is 0. The summed E-state index contributed by atoms with van der Waals surface area (Å²) in [4.78, 5) is 10.4. The Morgan fingerprint density at radius 1 is 1.04 bits per heavy atom. The van der Waals surface area contributed by atoms with Gasteiger partial charge in [0.1, 0.15) is 0 Å². The molecule has 1 aromatic heterocycles. The lowest BCUT2D eigenvalue weighted by molar-refractivity contribution is 1.07. The third-order valence-corrected chi connectivity index (χ3v) is 6.75. The van der Waals surface area contributed by atoms with Crippen LogP contribution in [0.2, 0.25) is 0 Å². The third kappa shape index (κ3) is 3.66. The van der Waals surface area contributed by atoms with Gasteiger partial charge in [0.25, 0.3) is 0 Å². The predicted octanol–water partition coefficient (Wildman–Crippen LogP) is 7.08. The average Bonchev–Trinajstić information content (AvgIpc) is 2.63. The van der Waals surface area contributed by atoms with Gasteiger partial charge < -0.3 is 0 Å². The Kier molecular flexibility index (Phi) is 5.30. The second kappa shape index (κ2) is 7.52. The molecule has 1 aliphatic rings. The molecule has 0 amide bonds. The van der Waals surface area contributed by atoms with Gasteiger partial charge in [0, 0.05) is 18.4 Å². The highest BCUT2D eigenvalue weighted by Gasteiger charge is 2.17. The van der Waals surface area contributed by atoms with Gasteiger partial charge in [-0.15, -0.1) is 0 Å². The molecule has 0 bridgehead atoms. The molecule has 4 rings (SSSR count). The second-order valence-electron chi connectivity index (χ2n) is 6.29. The van der Waals surface area contributed by atoms with Gasteiger partial charge in [0.05, 0.1) is 22.4 Å². The predicted molar refractivity (Wildman–Crippen MR) is 125 cm³/mol. The van der Waals surface area contributed by atoms with Crippen LogP contribution in [0.15, 0.2) is 59.1 Å². The number of aromatic nitrogens is 2. The van der Waals surface area contributed by atoms with Gasteiger partial charge in [-0.2, -0.15) is 0 Å². The van der Waals surface area contributed by atoms with Crippen molar-refractivity contribution in [3.05, 3.63) is 73.9 Å². The molecular weight excluding hydrogens is 567 g/mol. The summed E-state index contributed by atoms with van der Waals surface area (Å²) in [5.41, 5.74) is 7.16. The van der Waals surface area contributed by atoms with E-state index in [1.165, 1.54) is 9.13 Å². The quantitative estimate of drug-likeness (QED) is 0.239. The fourth-order valence-electron chi connectivity index (χ4n) is 2.96.